The highest BCUT2D eigenvalue weighted by Crippen LogP contribution is 2.20. The molecule has 14 heavy (non-hydrogen) atoms. The highest BCUT2D eigenvalue weighted by atomic mass is 32.1. The van der Waals surface area contributed by atoms with E-state index >= 15 is 0 Å². The summed E-state index contributed by atoms with van der Waals surface area (Å²) >= 11 is 4.29. The lowest BCUT2D eigenvalue weighted by Crippen LogP contribution is -2.23. The van der Waals surface area contributed by atoms with Crippen molar-refractivity contribution in [1.29, 1.82) is 0 Å². The highest BCUT2D eigenvalue weighted by molar-refractivity contribution is 7.80. The fourth-order valence-electron chi connectivity index (χ4n) is 1.03. The van der Waals surface area contributed by atoms with Crippen LogP contribution in [0.2, 0.25) is 0 Å². The van der Waals surface area contributed by atoms with Crippen molar-refractivity contribution in [3.05, 3.63) is 29.8 Å². The summed E-state index contributed by atoms with van der Waals surface area (Å²) in [5.41, 5.74) is 1.36. The first kappa shape index (κ1) is 11.4. The van der Waals surface area contributed by atoms with Crippen LogP contribution < -0.4 is 4.74 Å². The quantitative estimate of drug-likeness (QED) is 0.750. The molecule has 1 aromatic carbocycles. The largest absolute Gasteiger partial charge is 0.493 e. The average Bonchev–Trinajstić information content (AvgIpc) is 2.15. The molecule has 0 radical (unpaired) electrons. The van der Waals surface area contributed by atoms with Gasteiger partial charge in [0.25, 0.3) is 0 Å². The molecule has 0 heterocycles. The van der Waals surface area contributed by atoms with Gasteiger partial charge in [-0.25, -0.2) is 0 Å². The Morgan fingerprint density at radius 1 is 1.36 bits per heavy atom. The minimum atomic E-state index is 0.132. The van der Waals surface area contributed by atoms with Crippen molar-refractivity contribution in [3.63, 3.8) is 0 Å². The first-order chi connectivity index (χ1) is 6.53. The second-order valence-electron chi connectivity index (χ2n) is 4.43. The van der Waals surface area contributed by atoms with Crippen molar-refractivity contribution >= 4 is 12.6 Å². The normalized spacial score (nSPS) is 11.4. The van der Waals surface area contributed by atoms with E-state index in [1.54, 1.807) is 0 Å². The molecule has 78 valence electrons. The second kappa shape index (κ2) is 4.74. The van der Waals surface area contributed by atoms with Crippen LogP contribution in [0.4, 0.5) is 0 Å². The molecular weight excluding hydrogens is 192 g/mol. The minimum Gasteiger partial charge on any atom is -0.493 e. The first-order valence-electron chi connectivity index (χ1n) is 4.84. The Kier molecular flexibility index (Phi) is 3.87. The molecule has 1 aromatic rings. The summed E-state index contributed by atoms with van der Waals surface area (Å²) in [6.45, 7) is 7.07. The molecule has 0 aliphatic heterocycles. The Balaban J connectivity index is 2.54. The number of rotatable bonds is 4. The monoisotopic (exact) mass is 210 g/mol. The van der Waals surface area contributed by atoms with Crippen LogP contribution in [-0.4, -0.2) is 12.4 Å². The van der Waals surface area contributed by atoms with Crippen molar-refractivity contribution in [3.8, 4) is 5.75 Å². The van der Waals surface area contributed by atoms with Gasteiger partial charge in [0.2, 0.25) is 0 Å². The number of hydrogen-bond acceptors (Lipinski definition) is 2. The third kappa shape index (κ3) is 3.62. The zero-order valence-corrected chi connectivity index (χ0v) is 9.97. The molecular formula is C12H18OS. The molecule has 0 aromatic heterocycles. The van der Waals surface area contributed by atoms with Gasteiger partial charge in [0.05, 0.1) is 6.61 Å². The molecule has 0 N–H and O–H groups in total. The van der Waals surface area contributed by atoms with Gasteiger partial charge in [0.15, 0.2) is 0 Å². The molecule has 1 nitrogen and oxygen atoms in total. The van der Waals surface area contributed by atoms with Crippen molar-refractivity contribution in [2.24, 2.45) is 5.41 Å². The van der Waals surface area contributed by atoms with E-state index in [0.29, 0.717) is 6.61 Å². The van der Waals surface area contributed by atoms with E-state index in [4.69, 9.17) is 4.74 Å². The summed E-state index contributed by atoms with van der Waals surface area (Å²) in [5, 5.41) is 0. The Labute approximate surface area is 91.9 Å². The molecule has 2 heteroatoms. The van der Waals surface area contributed by atoms with Gasteiger partial charge in [-0.1, -0.05) is 26.0 Å². The van der Waals surface area contributed by atoms with Crippen LogP contribution in [0, 0.1) is 12.3 Å². The fourth-order valence-corrected chi connectivity index (χ4v) is 1.12. The van der Waals surface area contributed by atoms with Crippen LogP contribution in [0.25, 0.3) is 0 Å². The molecule has 0 saturated heterocycles. The number of thiol groups is 1. The summed E-state index contributed by atoms with van der Waals surface area (Å²) in [6, 6.07) is 8.12. The molecule has 0 aliphatic rings. The molecule has 0 spiro atoms. The third-order valence-corrected chi connectivity index (χ3v) is 2.90. The van der Waals surface area contributed by atoms with Gasteiger partial charge in [-0.3, -0.25) is 0 Å². The lowest BCUT2D eigenvalue weighted by atomic mass is 9.98. The van der Waals surface area contributed by atoms with Gasteiger partial charge in [-0.2, -0.15) is 12.6 Å². The van der Waals surface area contributed by atoms with Gasteiger partial charge in [-0.15, -0.1) is 0 Å². The molecule has 0 atom stereocenters. The molecule has 0 saturated carbocycles. The van der Waals surface area contributed by atoms with Gasteiger partial charge in [0, 0.05) is 5.41 Å². The smallest absolute Gasteiger partial charge is 0.119 e. The van der Waals surface area contributed by atoms with Crippen LogP contribution >= 0.6 is 12.6 Å². The van der Waals surface area contributed by atoms with Crippen LogP contribution in [-0.2, 0) is 0 Å². The zero-order chi connectivity index (χ0) is 10.6. The summed E-state index contributed by atoms with van der Waals surface area (Å²) in [5.74, 6) is 1.78. The van der Waals surface area contributed by atoms with Gasteiger partial charge in [-0.05, 0) is 30.4 Å². The van der Waals surface area contributed by atoms with Crippen LogP contribution in [0.5, 0.6) is 5.75 Å². The van der Waals surface area contributed by atoms with Crippen molar-refractivity contribution < 1.29 is 4.74 Å². The Bertz CT molecular complexity index is 294. The maximum Gasteiger partial charge on any atom is 0.119 e. The van der Waals surface area contributed by atoms with E-state index in [1.165, 1.54) is 5.56 Å². The fraction of sp³-hybridized carbons (Fsp3) is 0.500. The first-order valence-corrected chi connectivity index (χ1v) is 5.47. The predicted molar refractivity (Wildman–Crippen MR) is 64.3 cm³/mol. The van der Waals surface area contributed by atoms with Crippen molar-refractivity contribution in [2.75, 3.05) is 12.4 Å². The molecule has 1 rings (SSSR count). The Morgan fingerprint density at radius 3 is 2.64 bits per heavy atom. The van der Waals surface area contributed by atoms with Crippen LogP contribution in [0.3, 0.4) is 0 Å². The molecule has 0 fully saturated rings. The number of benzene rings is 1. The van der Waals surface area contributed by atoms with E-state index < -0.39 is 0 Å². The molecule has 0 unspecified atom stereocenters. The van der Waals surface area contributed by atoms with E-state index in [2.05, 4.69) is 45.5 Å². The van der Waals surface area contributed by atoms with Crippen LogP contribution in [0.1, 0.15) is 19.4 Å². The second-order valence-corrected chi connectivity index (χ2v) is 4.74. The Morgan fingerprint density at radius 2 is 2.07 bits per heavy atom. The van der Waals surface area contributed by atoms with Crippen molar-refractivity contribution in [1.82, 2.24) is 0 Å². The summed E-state index contributed by atoms with van der Waals surface area (Å²) in [4.78, 5) is 0. The van der Waals surface area contributed by atoms with Crippen molar-refractivity contribution in [2.45, 2.75) is 20.8 Å². The molecule has 0 amide bonds. The topological polar surface area (TPSA) is 9.23 Å². The SMILES string of the molecule is Cc1cccc(OCC(C)(C)CS)c1. The van der Waals surface area contributed by atoms with E-state index in [1.807, 2.05) is 12.1 Å². The van der Waals surface area contributed by atoms with Gasteiger partial charge < -0.3 is 4.74 Å². The molecule has 0 aliphatic carbocycles. The van der Waals surface area contributed by atoms with Gasteiger partial charge >= 0.3 is 0 Å². The molecule has 0 bridgehead atoms. The maximum atomic E-state index is 5.69. The van der Waals surface area contributed by atoms with Crippen LogP contribution in [0.15, 0.2) is 24.3 Å². The lowest BCUT2D eigenvalue weighted by molar-refractivity contribution is 0.202. The summed E-state index contributed by atoms with van der Waals surface area (Å²) in [6.07, 6.45) is 0. The van der Waals surface area contributed by atoms with E-state index in [0.717, 1.165) is 11.5 Å². The predicted octanol–water partition coefficient (Wildman–Crippen LogP) is 3.33. The number of ether oxygens (including phenoxy) is 1. The standard InChI is InChI=1S/C12H18OS/c1-10-5-4-6-11(7-10)13-8-12(2,3)9-14/h4-7,14H,8-9H2,1-3H3. The lowest BCUT2D eigenvalue weighted by Gasteiger charge is -2.22. The maximum absolute atomic E-state index is 5.69. The Hall–Kier alpha value is -0.630. The summed E-state index contributed by atoms with van der Waals surface area (Å²) < 4.78 is 5.69. The van der Waals surface area contributed by atoms with E-state index in [9.17, 15) is 0 Å². The number of hydrogen-bond donors (Lipinski definition) is 1. The summed E-state index contributed by atoms with van der Waals surface area (Å²) in [7, 11) is 0. The average molecular weight is 210 g/mol. The third-order valence-electron chi connectivity index (χ3n) is 2.05. The zero-order valence-electron chi connectivity index (χ0n) is 9.08. The number of aryl methyl sites for hydroxylation is 1. The van der Waals surface area contributed by atoms with E-state index in [-0.39, 0.29) is 5.41 Å². The highest BCUT2D eigenvalue weighted by Gasteiger charge is 2.16. The van der Waals surface area contributed by atoms with Gasteiger partial charge in [0.1, 0.15) is 5.75 Å². The minimum absolute atomic E-state index is 0.132.